The van der Waals surface area contributed by atoms with Crippen LogP contribution in [0, 0.1) is 5.92 Å². The summed E-state index contributed by atoms with van der Waals surface area (Å²) in [6, 6.07) is 0. The SMILES string of the molecule is CC(C)(C)OC(=O)N1CCC(CNCc2cnco2)CC1. The van der Waals surface area contributed by atoms with Crippen molar-refractivity contribution >= 4 is 6.09 Å². The van der Waals surface area contributed by atoms with E-state index in [2.05, 4.69) is 10.3 Å². The summed E-state index contributed by atoms with van der Waals surface area (Å²) in [5, 5.41) is 3.37. The Morgan fingerprint density at radius 1 is 1.48 bits per heavy atom. The molecule has 0 aromatic carbocycles. The number of hydrogen-bond acceptors (Lipinski definition) is 5. The molecular formula is C15H25N3O3. The van der Waals surface area contributed by atoms with E-state index >= 15 is 0 Å². The van der Waals surface area contributed by atoms with Crippen LogP contribution < -0.4 is 5.32 Å². The van der Waals surface area contributed by atoms with Crippen molar-refractivity contribution in [2.75, 3.05) is 19.6 Å². The highest BCUT2D eigenvalue weighted by atomic mass is 16.6. The van der Waals surface area contributed by atoms with Gasteiger partial charge in [0.1, 0.15) is 11.4 Å². The first kappa shape index (κ1) is 15.8. The molecule has 0 radical (unpaired) electrons. The normalized spacial score (nSPS) is 17.0. The van der Waals surface area contributed by atoms with E-state index in [9.17, 15) is 4.79 Å². The van der Waals surface area contributed by atoms with Gasteiger partial charge in [0.2, 0.25) is 0 Å². The van der Waals surface area contributed by atoms with Gasteiger partial charge in [0, 0.05) is 13.1 Å². The van der Waals surface area contributed by atoms with Gasteiger partial charge in [-0.25, -0.2) is 9.78 Å². The first-order valence-corrected chi connectivity index (χ1v) is 7.50. The average molecular weight is 295 g/mol. The average Bonchev–Trinajstić information content (AvgIpc) is 2.91. The van der Waals surface area contributed by atoms with Crippen LogP contribution in [-0.4, -0.2) is 41.2 Å². The molecule has 1 aliphatic heterocycles. The number of nitrogens with one attached hydrogen (secondary N) is 1. The number of likely N-dealkylation sites (tertiary alicyclic amines) is 1. The fraction of sp³-hybridized carbons (Fsp3) is 0.733. The van der Waals surface area contributed by atoms with Crippen molar-refractivity contribution in [2.45, 2.75) is 45.8 Å². The third kappa shape index (κ3) is 5.38. The molecule has 21 heavy (non-hydrogen) atoms. The summed E-state index contributed by atoms with van der Waals surface area (Å²) in [7, 11) is 0. The van der Waals surface area contributed by atoms with Gasteiger partial charge in [0.25, 0.3) is 0 Å². The summed E-state index contributed by atoms with van der Waals surface area (Å²) >= 11 is 0. The second-order valence-corrected chi connectivity index (χ2v) is 6.51. The molecule has 1 amide bonds. The van der Waals surface area contributed by atoms with E-state index in [4.69, 9.17) is 9.15 Å². The lowest BCUT2D eigenvalue weighted by Gasteiger charge is -2.33. The standard InChI is InChI=1S/C15H25N3O3/c1-15(2,3)21-14(19)18-6-4-12(5-7-18)8-16-9-13-10-17-11-20-13/h10-12,16H,4-9H2,1-3H3. The molecule has 1 aromatic heterocycles. The maximum atomic E-state index is 12.0. The molecule has 0 unspecified atom stereocenters. The number of hydrogen-bond donors (Lipinski definition) is 1. The van der Waals surface area contributed by atoms with Gasteiger partial charge >= 0.3 is 6.09 Å². The van der Waals surface area contributed by atoms with Gasteiger partial charge in [-0.1, -0.05) is 0 Å². The Bertz CT molecular complexity index is 432. The zero-order valence-corrected chi connectivity index (χ0v) is 13.1. The number of nitrogens with zero attached hydrogens (tertiary/aromatic N) is 2. The molecule has 2 rings (SSSR count). The van der Waals surface area contributed by atoms with Crippen LogP contribution in [0.2, 0.25) is 0 Å². The minimum Gasteiger partial charge on any atom is -0.447 e. The molecule has 1 N–H and O–H groups in total. The molecule has 1 saturated heterocycles. The molecule has 2 heterocycles. The van der Waals surface area contributed by atoms with Crippen LogP contribution in [0.4, 0.5) is 4.79 Å². The molecule has 6 nitrogen and oxygen atoms in total. The Hall–Kier alpha value is -1.56. The van der Waals surface area contributed by atoms with Gasteiger partial charge in [-0.15, -0.1) is 0 Å². The molecule has 0 aliphatic carbocycles. The van der Waals surface area contributed by atoms with Crippen molar-refractivity contribution < 1.29 is 13.9 Å². The van der Waals surface area contributed by atoms with Crippen molar-refractivity contribution in [2.24, 2.45) is 5.92 Å². The van der Waals surface area contributed by atoms with Crippen LogP contribution >= 0.6 is 0 Å². The highest BCUT2D eigenvalue weighted by Gasteiger charge is 2.26. The predicted molar refractivity (Wildman–Crippen MR) is 78.7 cm³/mol. The Kier molecular flexibility index (Phi) is 5.22. The van der Waals surface area contributed by atoms with Crippen molar-refractivity contribution in [1.82, 2.24) is 15.2 Å². The Labute approximate surface area is 125 Å². The zero-order valence-electron chi connectivity index (χ0n) is 13.1. The second-order valence-electron chi connectivity index (χ2n) is 6.51. The van der Waals surface area contributed by atoms with Gasteiger partial charge in [-0.05, 0) is 46.1 Å². The first-order valence-electron chi connectivity index (χ1n) is 7.50. The van der Waals surface area contributed by atoms with E-state index in [1.807, 2.05) is 20.8 Å². The minimum atomic E-state index is -0.424. The quantitative estimate of drug-likeness (QED) is 0.924. The summed E-state index contributed by atoms with van der Waals surface area (Å²) in [6.07, 6.45) is 4.97. The molecule has 6 heteroatoms. The summed E-state index contributed by atoms with van der Waals surface area (Å²) in [6.45, 7) is 8.85. The number of piperidine rings is 1. The van der Waals surface area contributed by atoms with Gasteiger partial charge in [0.05, 0.1) is 12.7 Å². The first-order chi connectivity index (χ1) is 9.94. The van der Waals surface area contributed by atoms with Crippen LogP contribution in [0.15, 0.2) is 17.0 Å². The van der Waals surface area contributed by atoms with Gasteiger partial charge in [0.15, 0.2) is 6.39 Å². The number of carbonyl (C=O) groups excluding carboxylic acids is 1. The van der Waals surface area contributed by atoms with Crippen LogP contribution in [-0.2, 0) is 11.3 Å². The minimum absolute atomic E-state index is 0.199. The molecule has 1 aromatic rings. The van der Waals surface area contributed by atoms with Crippen LogP contribution in [0.5, 0.6) is 0 Å². The van der Waals surface area contributed by atoms with Crippen LogP contribution in [0.25, 0.3) is 0 Å². The molecule has 1 aliphatic rings. The lowest BCUT2D eigenvalue weighted by Crippen LogP contribution is -2.43. The third-order valence-corrected chi connectivity index (χ3v) is 3.48. The van der Waals surface area contributed by atoms with Crippen molar-refractivity contribution in [3.05, 3.63) is 18.4 Å². The van der Waals surface area contributed by atoms with Crippen LogP contribution in [0.1, 0.15) is 39.4 Å². The topological polar surface area (TPSA) is 67.6 Å². The smallest absolute Gasteiger partial charge is 0.410 e. The summed E-state index contributed by atoms with van der Waals surface area (Å²) in [4.78, 5) is 17.6. The fourth-order valence-corrected chi connectivity index (χ4v) is 2.38. The molecule has 118 valence electrons. The lowest BCUT2D eigenvalue weighted by atomic mass is 9.97. The maximum Gasteiger partial charge on any atom is 0.410 e. The van der Waals surface area contributed by atoms with Crippen molar-refractivity contribution in [3.63, 3.8) is 0 Å². The van der Waals surface area contributed by atoms with Gasteiger partial charge < -0.3 is 19.4 Å². The lowest BCUT2D eigenvalue weighted by molar-refractivity contribution is 0.0184. The molecule has 0 saturated carbocycles. The van der Waals surface area contributed by atoms with E-state index in [-0.39, 0.29) is 6.09 Å². The van der Waals surface area contributed by atoms with E-state index in [0.29, 0.717) is 12.5 Å². The predicted octanol–water partition coefficient (Wildman–Crippen LogP) is 2.41. The molecular weight excluding hydrogens is 270 g/mol. The molecule has 0 spiro atoms. The fourth-order valence-electron chi connectivity index (χ4n) is 2.38. The zero-order chi connectivity index (χ0) is 15.3. The maximum absolute atomic E-state index is 12.0. The van der Waals surface area contributed by atoms with E-state index < -0.39 is 5.60 Å². The Morgan fingerprint density at radius 2 is 2.19 bits per heavy atom. The monoisotopic (exact) mass is 295 g/mol. The van der Waals surface area contributed by atoms with Gasteiger partial charge in [-0.3, -0.25) is 0 Å². The number of amides is 1. The number of oxazole rings is 1. The molecule has 0 atom stereocenters. The number of aromatic nitrogens is 1. The Morgan fingerprint density at radius 3 is 2.76 bits per heavy atom. The number of rotatable bonds is 4. The highest BCUT2D eigenvalue weighted by molar-refractivity contribution is 5.68. The van der Waals surface area contributed by atoms with Gasteiger partial charge in [-0.2, -0.15) is 0 Å². The molecule has 0 bridgehead atoms. The van der Waals surface area contributed by atoms with E-state index in [1.165, 1.54) is 6.39 Å². The van der Waals surface area contributed by atoms with Crippen LogP contribution in [0.3, 0.4) is 0 Å². The van der Waals surface area contributed by atoms with Crippen molar-refractivity contribution in [3.8, 4) is 0 Å². The number of carbonyl (C=O) groups is 1. The highest BCUT2D eigenvalue weighted by Crippen LogP contribution is 2.19. The Balaban J connectivity index is 1.65. The van der Waals surface area contributed by atoms with E-state index in [1.54, 1.807) is 11.1 Å². The number of ether oxygens (including phenoxy) is 1. The van der Waals surface area contributed by atoms with E-state index in [0.717, 1.165) is 38.2 Å². The second kappa shape index (κ2) is 6.93. The largest absolute Gasteiger partial charge is 0.447 e. The summed E-state index contributed by atoms with van der Waals surface area (Å²) in [5.74, 6) is 1.44. The molecule has 1 fully saturated rings. The summed E-state index contributed by atoms with van der Waals surface area (Å²) in [5.41, 5.74) is -0.424. The summed E-state index contributed by atoms with van der Waals surface area (Å²) < 4.78 is 10.6. The van der Waals surface area contributed by atoms with Crippen molar-refractivity contribution in [1.29, 1.82) is 0 Å². The third-order valence-electron chi connectivity index (χ3n) is 3.48.